The molecule has 3 nitrogen and oxygen atoms in total. The molecule has 0 spiro atoms. The standard InChI is InChI=1S/C9H5IN2OS/c1-5-4-14-9-6(3-11)2-7(10)8(13)12(5)9/h2,4H,1H3. The summed E-state index contributed by atoms with van der Waals surface area (Å²) in [5, 5.41) is 10.8. The molecule has 0 atom stereocenters. The summed E-state index contributed by atoms with van der Waals surface area (Å²) in [4.78, 5) is 12.5. The monoisotopic (exact) mass is 316 g/mol. The molecule has 0 amide bonds. The highest BCUT2D eigenvalue weighted by Crippen LogP contribution is 2.19. The predicted molar refractivity (Wildman–Crippen MR) is 63.7 cm³/mol. The number of aryl methyl sites for hydroxylation is 1. The molecule has 0 aromatic carbocycles. The molecule has 0 bridgehead atoms. The predicted octanol–water partition coefficient (Wildman–Crippen LogP) is 2.15. The van der Waals surface area contributed by atoms with Gasteiger partial charge in [-0.05, 0) is 35.6 Å². The normalized spacial score (nSPS) is 10.4. The van der Waals surface area contributed by atoms with Crippen LogP contribution in [0.15, 0.2) is 16.2 Å². The molecule has 0 aliphatic heterocycles. The van der Waals surface area contributed by atoms with E-state index in [0.717, 1.165) is 10.5 Å². The molecule has 0 aliphatic carbocycles. The Hall–Kier alpha value is -0.870. The van der Waals surface area contributed by atoms with Gasteiger partial charge in [0.05, 0.1) is 9.13 Å². The number of thiazole rings is 1. The highest BCUT2D eigenvalue weighted by Gasteiger charge is 2.10. The van der Waals surface area contributed by atoms with Gasteiger partial charge in [-0.2, -0.15) is 5.26 Å². The summed E-state index contributed by atoms with van der Waals surface area (Å²) in [6.45, 7) is 1.86. The molecule has 0 saturated carbocycles. The number of halogens is 1. The number of nitrogens with zero attached hydrogens (tertiary/aromatic N) is 2. The fraction of sp³-hybridized carbons (Fsp3) is 0.111. The van der Waals surface area contributed by atoms with Crippen molar-refractivity contribution in [2.75, 3.05) is 0 Å². The first kappa shape index (κ1) is 9.68. The molecule has 2 heterocycles. The summed E-state index contributed by atoms with van der Waals surface area (Å²) in [6.07, 6.45) is 0. The van der Waals surface area contributed by atoms with Crippen molar-refractivity contribution < 1.29 is 0 Å². The van der Waals surface area contributed by atoms with Crippen LogP contribution in [0.5, 0.6) is 0 Å². The second kappa shape index (κ2) is 3.37. The van der Waals surface area contributed by atoms with Gasteiger partial charge in [-0.15, -0.1) is 11.3 Å². The van der Waals surface area contributed by atoms with Gasteiger partial charge in [-0.3, -0.25) is 9.20 Å². The first-order valence-corrected chi connectivity index (χ1v) is 5.80. The van der Waals surface area contributed by atoms with E-state index < -0.39 is 0 Å². The van der Waals surface area contributed by atoms with Crippen LogP contribution in [0.1, 0.15) is 11.3 Å². The third-order valence-corrected chi connectivity index (χ3v) is 3.78. The van der Waals surface area contributed by atoms with E-state index in [1.165, 1.54) is 11.3 Å². The molecule has 14 heavy (non-hydrogen) atoms. The second-order valence-corrected chi connectivity index (χ2v) is 4.86. The van der Waals surface area contributed by atoms with E-state index in [1.54, 1.807) is 10.5 Å². The van der Waals surface area contributed by atoms with Gasteiger partial charge in [0, 0.05) is 11.1 Å². The van der Waals surface area contributed by atoms with E-state index >= 15 is 0 Å². The van der Waals surface area contributed by atoms with E-state index in [-0.39, 0.29) is 5.56 Å². The van der Waals surface area contributed by atoms with Crippen LogP contribution in [0.4, 0.5) is 0 Å². The third kappa shape index (κ3) is 1.26. The Morgan fingerprint density at radius 2 is 2.36 bits per heavy atom. The topological polar surface area (TPSA) is 45.3 Å². The molecule has 2 aromatic rings. The largest absolute Gasteiger partial charge is 0.269 e. The smallest absolute Gasteiger partial charge is 0.269 e. The highest BCUT2D eigenvalue weighted by molar-refractivity contribution is 14.1. The van der Waals surface area contributed by atoms with Crippen molar-refractivity contribution >= 4 is 38.8 Å². The average Bonchev–Trinajstić information content (AvgIpc) is 2.54. The number of aromatic nitrogens is 1. The lowest BCUT2D eigenvalue weighted by atomic mass is 10.3. The van der Waals surface area contributed by atoms with Crippen LogP contribution >= 0.6 is 33.9 Å². The summed E-state index contributed by atoms with van der Waals surface area (Å²) in [6, 6.07) is 3.73. The van der Waals surface area contributed by atoms with E-state index in [4.69, 9.17) is 5.26 Å². The Labute approximate surface area is 97.7 Å². The number of nitriles is 1. The molecular formula is C9H5IN2OS. The molecule has 2 rings (SSSR count). The Morgan fingerprint density at radius 1 is 1.64 bits per heavy atom. The Bertz CT molecular complexity index is 606. The molecule has 0 radical (unpaired) electrons. The summed E-state index contributed by atoms with van der Waals surface area (Å²) in [7, 11) is 0. The zero-order chi connectivity index (χ0) is 10.3. The summed E-state index contributed by atoms with van der Waals surface area (Å²) >= 11 is 3.38. The van der Waals surface area contributed by atoms with Crippen LogP contribution in [0.25, 0.3) is 4.83 Å². The minimum atomic E-state index is -0.0432. The maximum absolute atomic E-state index is 11.7. The van der Waals surface area contributed by atoms with Crippen molar-refractivity contribution in [3.63, 3.8) is 0 Å². The molecule has 5 heteroatoms. The number of pyridine rings is 1. The summed E-state index contributed by atoms with van der Waals surface area (Å²) < 4.78 is 2.17. The fourth-order valence-electron chi connectivity index (χ4n) is 1.28. The fourth-order valence-corrected chi connectivity index (χ4v) is 2.78. The van der Waals surface area contributed by atoms with Crippen LogP contribution in [0.2, 0.25) is 0 Å². The minimum Gasteiger partial charge on any atom is -0.269 e. The van der Waals surface area contributed by atoms with Crippen LogP contribution in [0, 0.1) is 21.8 Å². The Balaban J connectivity index is 3.10. The van der Waals surface area contributed by atoms with E-state index in [1.807, 2.05) is 34.9 Å². The van der Waals surface area contributed by atoms with Crippen LogP contribution in [-0.4, -0.2) is 4.40 Å². The van der Waals surface area contributed by atoms with Crippen LogP contribution in [0.3, 0.4) is 0 Å². The van der Waals surface area contributed by atoms with E-state index in [2.05, 4.69) is 6.07 Å². The van der Waals surface area contributed by atoms with Gasteiger partial charge >= 0.3 is 0 Å². The van der Waals surface area contributed by atoms with E-state index in [0.29, 0.717) is 9.13 Å². The van der Waals surface area contributed by atoms with E-state index in [9.17, 15) is 4.79 Å². The molecule has 2 aromatic heterocycles. The maximum atomic E-state index is 11.7. The van der Waals surface area contributed by atoms with Crippen LogP contribution in [-0.2, 0) is 0 Å². The SMILES string of the molecule is Cc1csc2c(C#N)cc(I)c(=O)n12. The number of hydrogen-bond acceptors (Lipinski definition) is 3. The zero-order valence-electron chi connectivity index (χ0n) is 7.24. The molecule has 70 valence electrons. The molecule has 0 fully saturated rings. The van der Waals surface area contributed by atoms with Gasteiger partial charge in [-0.1, -0.05) is 0 Å². The number of rotatable bonds is 0. The van der Waals surface area contributed by atoms with Gasteiger partial charge in [0.15, 0.2) is 0 Å². The molecule has 0 aliphatic rings. The van der Waals surface area contributed by atoms with Gasteiger partial charge in [0.25, 0.3) is 5.56 Å². The van der Waals surface area contributed by atoms with Crippen molar-refractivity contribution in [3.05, 3.63) is 36.6 Å². The van der Waals surface area contributed by atoms with Crippen LogP contribution < -0.4 is 5.56 Å². The second-order valence-electron chi connectivity index (χ2n) is 2.84. The van der Waals surface area contributed by atoms with Crippen molar-refractivity contribution in [2.45, 2.75) is 6.92 Å². The lowest BCUT2D eigenvalue weighted by Crippen LogP contribution is -2.16. The van der Waals surface area contributed by atoms with Crippen molar-refractivity contribution in [3.8, 4) is 6.07 Å². The van der Waals surface area contributed by atoms with Crippen molar-refractivity contribution in [2.24, 2.45) is 0 Å². The first-order valence-electron chi connectivity index (χ1n) is 3.84. The van der Waals surface area contributed by atoms with Crippen molar-refractivity contribution in [1.29, 1.82) is 5.26 Å². The quantitative estimate of drug-likeness (QED) is 0.699. The highest BCUT2D eigenvalue weighted by atomic mass is 127. The lowest BCUT2D eigenvalue weighted by Gasteiger charge is -1.98. The van der Waals surface area contributed by atoms with Gasteiger partial charge < -0.3 is 0 Å². The van der Waals surface area contributed by atoms with Gasteiger partial charge in [0.1, 0.15) is 10.9 Å². The minimum absolute atomic E-state index is 0.0432. The number of hydrogen-bond donors (Lipinski definition) is 0. The lowest BCUT2D eigenvalue weighted by molar-refractivity contribution is 1.04. The molecule has 0 N–H and O–H groups in total. The summed E-state index contributed by atoms with van der Waals surface area (Å²) in [5.41, 5.74) is 1.40. The Morgan fingerprint density at radius 3 is 3.00 bits per heavy atom. The molecular weight excluding hydrogens is 311 g/mol. The Kier molecular flexibility index (Phi) is 2.33. The average molecular weight is 316 g/mol. The van der Waals surface area contributed by atoms with Gasteiger partial charge in [0.2, 0.25) is 0 Å². The zero-order valence-corrected chi connectivity index (χ0v) is 10.2. The number of fused-ring (bicyclic) bond motifs is 1. The maximum Gasteiger partial charge on any atom is 0.269 e. The summed E-state index contributed by atoms with van der Waals surface area (Å²) in [5.74, 6) is 0. The molecule has 0 saturated heterocycles. The van der Waals surface area contributed by atoms with Gasteiger partial charge in [-0.25, -0.2) is 0 Å². The third-order valence-electron chi connectivity index (χ3n) is 1.93. The first-order chi connectivity index (χ1) is 6.65. The van der Waals surface area contributed by atoms with Crippen molar-refractivity contribution in [1.82, 2.24) is 4.40 Å². The molecule has 0 unspecified atom stereocenters.